The van der Waals surface area contributed by atoms with Gasteiger partial charge >= 0.3 is 0 Å². The Morgan fingerprint density at radius 2 is 2.15 bits per heavy atom. The van der Waals surface area contributed by atoms with Crippen molar-refractivity contribution in [2.45, 2.75) is 13.3 Å². The number of nitrogens with two attached hydrogens (primary N) is 1. The molecule has 13 heavy (non-hydrogen) atoms. The first kappa shape index (κ1) is 9.99. The molecule has 0 heterocycles. The van der Waals surface area contributed by atoms with E-state index in [-0.39, 0.29) is 5.82 Å². The quantitative estimate of drug-likeness (QED) is 0.773. The van der Waals surface area contributed by atoms with E-state index in [1.54, 1.807) is 0 Å². The van der Waals surface area contributed by atoms with Gasteiger partial charge in [-0.1, -0.05) is 0 Å². The number of benzene rings is 1. The summed E-state index contributed by atoms with van der Waals surface area (Å²) in [7, 11) is 1.54. The number of halogens is 1. The van der Waals surface area contributed by atoms with Gasteiger partial charge in [-0.15, -0.1) is 0 Å². The standard InChI is InChI=1S/C10H14FNO/c1-7-8(3-4-12)5-9(11)6-10(7)13-2/h5-6H,3-4,12H2,1-2H3. The molecule has 0 saturated heterocycles. The molecule has 72 valence electrons. The van der Waals surface area contributed by atoms with Crippen molar-refractivity contribution in [3.8, 4) is 5.75 Å². The second kappa shape index (κ2) is 4.23. The lowest BCUT2D eigenvalue weighted by Gasteiger charge is -2.09. The van der Waals surface area contributed by atoms with E-state index in [0.29, 0.717) is 18.7 Å². The molecule has 0 aliphatic carbocycles. The third-order valence-corrected chi connectivity index (χ3v) is 2.07. The van der Waals surface area contributed by atoms with E-state index in [1.807, 2.05) is 6.92 Å². The molecule has 0 aliphatic heterocycles. The first-order valence-electron chi connectivity index (χ1n) is 4.22. The van der Waals surface area contributed by atoms with Crippen LogP contribution < -0.4 is 10.5 Å². The molecule has 0 aliphatic rings. The van der Waals surface area contributed by atoms with Crippen LogP contribution >= 0.6 is 0 Å². The predicted octanol–water partition coefficient (Wildman–Crippen LogP) is 1.64. The Kier molecular flexibility index (Phi) is 3.25. The van der Waals surface area contributed by atoms with Crippen LogP contribution in [0.5, 0.6) is 5.75 Å². The van der Waals surface area contributed by atoms with E-state index in [2.05, 4.69) is 0 Å². The molecule has 3 heteroatoms. The number of hydrogen-bond donors (Lipinski definition) is 1. The van der Waals surface area contributed by atoms with Crippen molar-refractivity contribution in [2.24, 2.45) is 5.73 Å². The first-order valence-corrected chi connectivity index (χ1v) is 4.22. The Balaban J connectivity index is 3.11. The van der Waals surface area contributed by atoms with Crippen LogP contribution in [-0.2, 0) is 6.42 Å². The van der Waals surface area contributed by atoms with Gasteiger partial charge in [0.05, 0.1) is 7.11 Å². The molecule has 0 aromatic heterocycles. The minimum absolute atomic E-state index is 0.272. The van der Waals surface area contributed by atoms with Crippen LogP contribution in [0.25, 0.3) is 0 Å². The lowest BCUT2D eigenvalue weighted by atomic mass is 10.0. The van der Waals surface area contributed by atoms with Crippen LogP contribution in [0.1, 0.15) is 11.1 Å². The lowest BCUT2D eigenvalue weighted by Crippen LogP contribution is -2.05. The summed E-state index contributed by atoms with van der Waals surface area (Å²) in [6.45, 7) is 2.43. The molecule has 2 N–H and O–H groups in total. The SMILES string of the molecule is COc1cc(F)cc(CCN)c1C. The van der Waals surface area contributed by atoms with E-state index >= 15 is 0 Å². The van der Waals surface area contributed by atoms with Gasteiger partial charge in [0.2, 0.25) is 0 Å². The van der Waals surface area contributed by atoms with Gasteiger partial charge in [0, 0.05) is 6.07 Å². The highest BCUT2D eigenvalue weighted by Crippen LogP contribution is 2.23. The minimum atomic E-state index is -0.272. The summed E-state index contributed by atoms with van der Waals surface area (Å²) in [6.07, 6.45) is 0.681. The normalized spacial score (nSPS) is 10.2. The van der Waals surface area contributed by atoms with Crippen molar-refractivity contribution >= 4 is 0 Å². The molecular weight excluding hydrogens is 169 g/mol. The lowest BCUT2D eigenvalue weighted by molar-refractivity contribution is 0.407. The molecule has 2 nitrogen and oxygen atoms in total. The van der Waals surface area contributed by atoms with Crippen LogP contribution in [0.15, 0.2) is 12.1 Å². The largest absolute Gasteiger partial charge is 0.496 e. The van der Waals surface area contributed by atoms with Gasteiger partial charge in [-0.3, -0.25) is 0 Å². The van der Waals surface area contributed by atoms with Crippen molar-refractivity contribution < 1.29 is 9.13 Å². The molecule has 0 saturated carbocycles. The molecular formula is C10H14FNO. The van der Waals surface area contributed by atoms with Gasteiger partial charge < -0.3 is 10.5 Å². The molecule has 0 amide bonds. The number of methoxy groups -OCH3 is 1. The smallest absolute Gasteiger partial charge is 0.127 e. The summed E-state index contributed by atoms with van der Waals surface area (Å²) < 4.78 is 18.0. The number of hydrogen-bond acceptors (Lipinski definition) is 2. The molecule has 0 fully saturated rings. The minimum Gasteiger partial charge on any atom is -0.496 e. The molecule has 0 radical (unpaired) electrons. The molecule has 0 atom stereocenters. The second-order valence-electron chi connectivity index (χ2n) is 2.93. The van der Waals surface area contributed by atoms with Gasteiger partial charge in [0.1, 0.15) is 11.6 Å². The molecule has 0 bridgehead atoms. The third kappa shape index (κ3) is 2.18. The fraction of sp³-hybridized carbons (Fsp3) is 0.400. The summed E-state index contributed by atoms with van der Waals surface area (Å²) in [4.78, 5) is 0. The summed E-state index contributed by atoms with van der Waals surface area (Å²) >= 11 is 0. The Labute approximate surface area is 77.5 Å². The fourth-order valence-corrected chi connectivity index (χ4v) is 1.34. The van der Waals surface area contributed by atoms with Crippen molar-refractivity contribution in [1.82, 2.24) is 0 Å². The van der Waals surface area contributed by atoms with Gasteiger partial charge in [0.25, 0.3) is 0 Å². The average molecular weight is 183 g/mol. The van der Waals surface area contributed by atoms with Crippen molar-refractivity contribution in [2.75, 3.05) is 13.7 Å². The van der Waals surface area contributed by atoms with Gasteiger partial charge in [0.15, 0.2) is 0 Å². The van der Waals surface area contributed by atoms with E-state index in [1.165, 1.54) is 19.2 Å². The maximum absolute atomic E-state index is 13.0. The highest BCUT2D eigenvalue weighted by atomic mass is 19.1. The zero-order valence-corrected chi connectivity index (χ0v) is 7.93. The highest BCUT2D eigenvalue weighted by molar-refractivity contribution is 5.39. The fourth-order valence-electron chi connectivity index (χ4n) is 1.34. The van der Waals surface area contributed by atoms with E-state index in [9.17, 15) is 4.39 Å². The van der Waals surface area contributed by atoms with E-state index < -0.39 is 0 Å². The topological polar surface area (TPSA) is 35.2 Å². The van der Waals surface area contributed by atoms with Crippen molar-refractivity contribution in [3.63, 3.8) is 0 Å². The van der Waals surface area contributed by atoms with Gasteiger partial charge in [-0.05, 0) is 37.1 Å². The Hall–Kier alpha value is -1.09. The zero-order chi connectivity index (χ0) is 9.84. The molecule has 1 rings (SSSR count). The zero-order valence-electron chi connectivity index (χ0n) is 7.93. The maximum atomic E-state index is 13.0. The van der Waals surface area contributed by atoms with Crippen LogP contribution in [0.2, 0.25) is 0 Å². The van der Waals surface area contributed by atoms with E-state index in [4.69, 9.17) is 10.5 Å². The van der Waals surface area contributed by atoms with Crippen LogP contribution in [0, 0.1) is 12.7 Å². The molecule has 1 aromatic carbocycles. The van der Waals surface area contributed by atoms with Crippen molar-refractivity contribution in [3.05, 3.63) is 29.1 Å². The molecule has 0 spiro atoms. The van der Waals surface area contributed by atoms with Crippen LogP contribution in [0.4, 0.5) is 4.39 Å². The predicted molar refractivity (Wildman–Crippen MR) is 50.4 cm³/mol. The van der Waals surface area contributed by atoms with Gasteiger partial charge in [-0.2, -0.15) is 0 Å². The highest BCUT2D eigenvalue weighted by Gasteiger charge is 2.06. The summed E-state index contributed by atoms with van der Waals surface area (Å²) in [6, 6.07) is 2.89. The molecule has 0 unspecified atom stereocenters. The average Bonchev–Trinajstić information content (AvgIpc) is 2.11. The second-order valence-corrected chi connectivity index (χ2v) is 2.93. The number of rotatable bonds is 3. The van der Waals surface area contributed by atoms with Crippen LogP contribution in [-0.4, -0.2) is 13.7 Å². The molecule has 1 aromatic rings. The third-order valence-electron chi connectivity index (χ3n) is 2.07. The van der Waals surface area contributed by atoms with Crippen molar-refractivity contribution in [1.29, 1.82) is 0 Å². The first-order chi connectivity index (χ1) is 6.19. The Bertz CT molecular complexity index is 299. The van der Waals surface area contributed by atoms with Crippen LogP contribution in [0.3, 0.4) is 0 Å². The van der Waals surface area contributed by atoms with E-state index in [0.717, 1.165) is 11.1 Å². The summed E-state index contributed by atoms with van der Waals surface area (Å²) in [5, 5.41) is 0. The summed E-state index contributed by atoms with van der Waals surface area (Å²) in [5.41, 5.74) is 7.29. The van der Waals surface area contributed by atoms with Gasteiger partial charge in [-0.25, -0.2) is 4.39 Å². The maximum Gasteiger partial charge on any atom is 0.127 e. The number of ether oxygens (including phenoxy) is 1. The monoisotopic (exact) mass is 183 g/mol. The summed E-state index contributed by atoms with van der Waals surface area (Å²) in [5.74, 6) is 0.314. The Morgan fingerprint density at radius 1 is 1.46 bits per heavy atom. The Morgan fingerprint density at radius 3 is 2.69 bits per heavy atom.